The summed E-state index contributed by atoms with van der Waals surface area (Å²) in [6, 6.07) is 4.25. The second-order valence-electron chi connectivity index (χ2n) is 5.62. The molecule has 0 saturated heterocycles. The lowest BCUT2D eigenvalue weighted by Gasteiger charge is -2.22. The molecule has 1 atom stereocenters. The Balaban J connectivity index is 2.15. The average molecular weight is 305 g/mol. The Hall–Kier alpha value is -2.82. The molecule has 0 spiro atoms. The standard InChI is InChI=1S/C19H19N3O/c1-14-10-16(17(12-20)13-21)11-19(23-14)9-6-15-4-7-18(8-5-15)22(2)3/h4-7,9-11,18H,8H2,1-3H3/b9-6+. The highest BCUT2D eigenvalue weighted by molar-refractivity contribution is 5.53. The summed E-state index contributed by atoms with van der Waals surface area (Å²) >= 11 is 0. The monoisotopic (exact) mass is 305 g/mol. The molecule has 1 aliphatic carbocycles. The molecule has 116 valence electrons. The number of hydrogen-bond donors (Lipinski definition) is 0. The van der Waals surface area contributed by atoms with Crippen molar-refractivity contribution in [1.29, 1.82) is 10.5 Å². The molecule has 4 heteroatoms. The van der Waals surface area contributed by atoms with Crippen molar-refractivity contribution >= 4 is 0 Å². The number of hydrogen-bond acceptors (Lipinski definition) is 4. The van der Waals surface area contributed by atoms with Gasteiger partial charge in [0.05, 0.1) is 0 Å². The summed E-state index contributed by atoms with van der Waals surface area (Å²) in [7, 11) is 4.13. The second-order valence-corrected chi connectivity index (χ2v) is 5.62. The zero-order chi connectivity index (χ0) is 16.8. The fourth-order valence-corrected chi connectivity index (χ4v) is 2.35. The van der Waals surface area contributed by atoms with Crippen LogP contribution in [-0.4, -0.2) is 25.0 Å². The quantitative estimate of drug-likeness (QED) is 0.748. The van der Waals surface area contributed by atoms with E-state index in [4.69, 9.17) is 15.3 Å². The van der Waals surface area contributed by atoms with Crippen LogP contribution in [0.3, 0.4) is 0 Å². The summed E-state index contributed by atoms with van der Waals surface area (Å²) < 4.78 is 5.63. The third kappa shape index (κ3) is 4.32. The van der Waals surface area contributed by atoms with Gasteiger partial charge in [-0.2, -0.15) is 10.5 Å². The van der Waals surface area contributed by atoms with E-state index in [9.17, 15) is 0 Å². The van der Waals surface area contributed by atoms with Gasteiger partial charge in [-0.15, -0.1) is 0 Å². The van der Waals surface area contributed by atoms with E-state index >= 15 is 0 Å². The average Bonchev–Trinajstić information content (AvgIpc) is 2.54. The van der Waals surface area contributed by atoms with Gasteiger partial charge < -0.3 is 9.64 Å². The Morgan fingerprint density at radius 1 is 1.26 bits per heavy atom. The first-order valence-electron chi connectivity index (χ1n) is 7.38. The second kappa shape index (κ2) is 7.45. The summed E-state index contributed by atoms with van der Waals surface area (Å²) in [6.45, 7) is 1.80. The van der Waals surface area contributed by atoms with Gasteiger partial charge in [0.1, 0.15) is 29.2 Å². The van der Waals surface area contributed by atoms with Crippen LogP contribution in [0.25, 0.3) is 0 Å². The van der Waals surface area contributed by atoms with E-state index < -0.39 is 0 Å². The lowest BCUT2D eigenvalue weighted by Crippen LogP contribution is -2.26. The molecule has 0 saturated carbocycles. The van der Waals surface area contributed by atoms with Crippen molar-refractivity contribution in [2.75, 3.05) is 14.1 Å². The molecule has 0 bridgehead atoms. The summed E-state index contributed by atoms with van der Waals surface area (Å²) in [6.07, 6.45) is 14.7. The van der Waals surface area contributed by atoms with Gasteiger partial charge in [-0.25, -0.2) is 0 Å². The maximum absolute atomic E-state index is 8.98. The Morgan fingerprint density at radius 3 is 2.57 bits per heavy atom. The van der Waals surface area contributed by atoms with Crippen molar-refractivity contribution in [3.05, 3.63) is 70.8 Å². The number of allylic oxidation sites excluding steroid dienone is 9. The van der Waals surface area contributed by atoms with Gasteiger partial charge >= 0.3 is 0 Å². The van der Waals surface area contributed by atoms with E-state index in [1.54, 1.807) is 19.1 Å². The Morgan fingerprint density at radius 2 is 2.00 bits per heavy atom. The Bertz CT molecular complexity index is 730. The molecule has 0 N–H and O–H groups in total. The Kier molecular flexibility index (Phi) is 5.36. The highest BCUT2D eigenvalue weighted by Gasteiger charge is 2.11. The van der Waals surface area contributed by atoms with Gasteiger partial charge in [0.15, 0.2) is 0 Å². The van der Waals surface area contributed by atoms with Gasteiger partial charge in [0.2, 0.25) is 0 Å². The number of nitriles is 2. The van der Waals surface area contributed by atoms with Crippen molar-refractivity contribution in [3.63, 3.8) is 0 Å². The smallest absolute Gasteiger partial charge is 0.137 e. The molecule has 1 heterocycles. The van der Waals surface area contributed by atoms with Crippen LogP contribution < -0.4 is 0 Å². The van der Waals surface area contributed by atoms with Crippen LogP contribution in [0.1, 0.15) is 13.3 Å². The maximum Gasteiger partial charge on any atom is 0.137 e. The van der Waals surface area contributed by atoms with E-state index in [-0.39, 0.29) is 5.57 Å². The number of ether oxygens (including phenoxy) is 1. The highest BCUT2D eigenvalue weighted by Crippen LogP contribution is 2.23. The number of nitrogens with zero attached hydrogens (tertiary/aromatic N) is 3. The van der Waals surface area contributed by atoms with Crippen LogP contribution in [0.5, 0.6) is 0 Å². The van der Waals surface area contributed by atoms with E-state index in [0.29, 0.717) is 23.1 Å². The Labute approximate surface area is 137 Å². The molecule has 23 heavy (non-hydrogen) atoms. The van der Waals surface area contributed by atoms with Crippen LogP contribution in [0.15, 0.2) is 70.8 Å². The summed E-state index contributed by atoms with van der Waals surface area (Å²) in [5, 5.41) is 18.0. The van der Waals surface area contributed by atoms with E-state index in [0.717, 1.165) is 12.0 Å². The third-order valence-electron chi connectivity index (χ3n) is 3.66. The highest BCUT2D eigenvalue weighted by atomic mass is 16.5. The van der Waals surface area contributed by atoms with Crippen LogP contribution in [0.4, 0.5) is 0 Å². The fourth-order valence-electron chi connectivity index (χ4n) is 2.35. The van der Waals surface area contributed by atoms with Crippen LogP contribution in [0.2, 0.25) is 0 Å². The van der Waals surface area contributed by atoms with Crippen molar-refractivity contribution in [3.8, 4) is 12.1 Å². The fraction of sp³-hybridized carbons (Fsp3) is 0.263. The van der Waals surface area contributed by atoms with E-state index in [1.807, 2.05) is 24.3 Å². The lowest BCUT2D eigenvalue weighted by molar-refractivity contribution is 0.317. The topological polar surface area (TPSA) is 60.0 Å². The molecular weight excluding hydrogens is 286 g/mol. The zero-order valence-electron chi connectivity index (χ0n) is 13.6. The van der Waals surface area contributed by atoms with Crippen molar-refractivity contribution in [2.45, 2.75) is 19.4 Å². The maximum atomic E-state index is 8.98. The van der Waals surface area contributed by atoms with Crippen molar-refractivity contribution in [1.82, 2.24) is 4.90 Å². The molecule has 1 aliphatic heterocycles. The van der Waals surface area contributed by atoms with Crippen LogP contribution in [0, 0.1) is 22.7 Å². The predicted molar refractivity (Wildman–Crippen MR) is 89.6 cm³/mol. The first-order chi connectivity index (χ1) is 11.0. The third-order valence-corrected chi connectivity index (χ3v) is 3.66. The van der Waals surface area contributed by atoms with E-state index in [2.05, 4.69) is 37.2 Å². The lowest BCUT2D eigenvalue weighted by atomic mass is 10.0. The molecule has 0 fully saturated rings. The van der Waals surface area contributed by atoms with Crippen molar-refractivity contribution < 1.29 is 4.74 Å². The van der Waals surface area contributed by atoms with Gasteiger partial charge in [-0.05, 0) is 51.2 Å². The van der Waals surface area contributed by atoms with Gasteiger partial charge in [-0.1, -0.05) is 24.3 Å². The zero-order valence-corrected chi connectivity index (χ0v) is 13.6. The molecule has 0 aromatic rings. The minimum absolute atomic E-state index is 0.0872. The van der Waals surface area contributed by atoms with Crippen molar-refractivity contribution in [2.24, 2.45) is 0 Å². The largest absolute Gasteiger partial charge is 0.462 e. The summed E-state index contributed by atoms with van der Waals surface area (Å²) in [4.78, 5) is 2.18. The molecule has 0 amide bonds. The summed E-state index contributed by atoms with van der Waals surface area (Å²) in [5.74, 6) is 1.28. The molecule has 0 aromatic carbocycles. The van der Waals surface area contributed by atoms with Gasteiger partial charge in [-0.3, -0.25) is 0 Å². The predicted octanol–water partition coefficient (Wildman–Crippen LogP) is 3.52. The van der Waals surface area contributed by atoms with Crippen LogP contribution >= 0.6 is 0 Å². The minimum atomic E-state index is 0.0872. The number of likely N-dealkylation sites (N-methyl/N-ethyl adjacent to an activating group) is 1. The minimum Gasteiger partial charge on any atom is -0.462 e. The molecule has 2 aliphatic rings. The normalized spacial score (nSPS) is 20.3. The molecule has 1 unspecified atom stereocenters. The molecule has 0 radical (unpaired) electrons. The summed E-state index contributed by atoms with van der Waals surface area (Å²) in [5.41, 5.74) is 1.79. The first-order valence-corrected chi connectivity index (χ1v) is 7.38. The SMILES string of the molecule is CC1=CC(=C(C#N)C#N)C=C(/C=C/C2=CCC(N(C)C)C=C2)O1. The molecule has 4 nitrogen and oxygen atoms in total. The van der Waals surface area contributed by atoms with Crippen LogP contribution in [-0.2, 0) is 4.74 Å². The molecule has 0 aromatic heterocycles. The number of rotatable bonds is 3. The van der Waals surface area contributed by atoms with E-state index in [1.165, 1.54) is 0 Å². The molecular formula is C19H19N3O. The molecule has 2 rings (SSSR count). The first kappa shape index (κ1) is 16.5. The van der Waals surface area contributed by atoms with Gasteiger partial charge in [0.25, 0.3) is 0 Å². The van der Waals surface area contributed by atoms with Gasteiger partial charge in [0, 0.05) is 11.6 Å².